The Balaban J connectivity index is 1.35. The third kappa shape index (κ3) is 5.10. The van der Waals surface area contributed by atoms with Crippen LogP contribution in [0.1, 0.15) is 24.2 Å². The van der Waals surface area contributed by atoms with Crippen molar-refractivity contribution < 1.29 is 14.0 Å². The van der Waals surface area contributed by atoms with Crippen LogP contribution in [-0.2, 0) is 4.79 Å². The van der Waals surface area contributed by atoms with Crippen LogP contribution in [0.25, 0.3) is 11.0 Å². The third-order valence-corrected chi connectivity index (χ3v) is 7.00. The number of rotatable bonds is 6. The van der Waals surface area contributed by atoms with E-state index in [2.05, 4.69) is 20.4 Å². The fourth-order valence-electron chi connectivity index (χ4n) is 3.36. The summed E-state index contributed by atoms with van der Waals surface area (Å²) in [4.78, 5) is 40.7. The number of nitrogens with one attached hydrogen (secondary N) is 1. The van der Waals surface area contributed by atoms with Crippen molar-refractivity contribution in [3.8, 4) is 0 Å². The van der Waals surface area contributed by atoms with E-state index in [0.717, 1.165) is 14.9 Å². The van der Waals surface area contributed by atoms with Crippen molar-refractivity contribution in [1.82, 2.24) is 20.4 Å². The lowest BCUT2D eigenvalue weighted by Crippen LogP contribution is -2.49. The first-order valence-corrected chi connectivity index (χ1v) is 12.0. The minimum Gasteiger partial charge on any atom is -0.422 e. The van der Waals surface area contributed by atoms with Crippen LogP contribution in [0.15, 0.2) is 43.9 Å². The summed E-state index contributed by atoms with van der Waals surface area (Å²) in [5.41, 5.74) is -0.111. The van der Waals surface area contributed by atoms with Crippen LogP contribution in [0.5, 0.6) is 0 Å². The van der Waals surface area contributed by atoms with Crippen molar-refractivity contribution in [2.24, 2.45) is 0 Å². The Labute approximate surface area is 192 Å². The zero-order valence-electron chi connectivity index (χ0n) is 17.7. The molecule has 1 aromatic carbocycles. The van der Waals surface area contributed by atoms with E-state index < -0.39 is 5.63 Å². The highest BCUT2D eigenvalue weighted by Gasteiger charge is 2.26. The molecule has 9 nitrogen and oxygen atoms in total. The summed E-state index contributed by atoms with van der Waals surface area (Å²) in [5.74, 6) is -0.0652. The maximum Gasteiger partial charge on any atom is 0.349 e. The number of aromatic nitrogens is 2. The van der Waals surface area contributed by atoms with Gasteiger partial charge in [0.1, 0.15) is 11.1 Å². The molecule has 1 N–H and O–H groups in total. The van der Waals surface area contributed by atoms with Gasteiger partial charge in [-0.15, -0.1) is 10.2 Å². The van der Waals surface area contributed by atoms with Gasteiger partial charge in [0, 0.05) is 37.6 Å². The zero-order valence-corrected chi connectivity index (χ0v) is 19.4. The molecule has 2 aromatic heterocycles. The molecule has 0 aliphatic carbocycles. The molecule has 1 saturated heterocycles. The molecule has 1 fully saturated rings. The second kappa shape index (κ2) is 9.70. The fourth-order valence-corrected chi connectivity index (χ4v) is 5.07. The number of hydrogen-bond donors (Lipinski definition) is 1. The van der Waals surface area contributed by atoms with E-state index in [4.69, 9.17) is 4.42 Å². The molecule has 1 aliphatic rings. The van der Waals surface area contributed by atoms with Crippen molar-refractivity contribution >= 4 is 51.0 Å². The van der Waals surface area contributed by atoms with E-state index in [0.29, 0.717) is 37.5 Å². The summed E-state index contributed by atoms with van der Waals surface area (Å²) in [6.07, 6.45) is 0. The summed E-state index contributed by atoms with van der Waals surface area (Å²) in [6, 6.07) is 8.83. The molecule has 0 bridgehead atoms. The van der Waals surface area contributed by atoms with Gasteiger partial charge in [0.25, 0.3) is 5.91 Å². The van der Waals surface area contributed by atoms with Gasteiger partial charge in [0.05, 0.1) is 5.75 Å². The predicted octanol–water partition coefficient (Wildman–Crippen LogP) is 2.22. The Morgan fingerprint density at radius 2 is 1.94 bits per heavy atom. The van der Waals surface area contributed by atoms with Crippen LogP contribution >= 0.6 is 23.1 Å². The number of piperazine rings is 1. The largest absolute Gasteiger partial charge is 0.422 e. The molecule has 0 radical (unpaired) electrons. The number of anilines is 1. The normalized spacial score (nSPS) is 14.2. The van der Waals surface area contributed by atoms with Gasteiger partial charge in [-0.05, 0) is 26.0 Å². The zero-order chi connectivity index (χ0) is 22.7. The van der Waals surface area contributed by atoms with Gasteiger partial charge in [-0.2, -0.15) is 0 Å². The molecule has 0 saturated carbocycles. The molecule has 0 spiro atoms. The average Bonchev–Trinajstić information content (AvgIpc) is 3.25. The molecular weight excluding hydrogens is 450 g/mol. The molecule has 3 heterocycles. The quantitative estimate of drug-likeness (QED) is 0.429. The third-order valence-electron chi connectivity index (χ3n) is 4.88. The molecule has 3 aromatic rings. The number of hydrogen-bond acceptors (Lipinski definition) is 9. The Kier molecular flexibility index (Phi) is 6.75. The Morgan fingerprint density at radius 3 is 2.69 bits per heavy atom. The van der Waals surface area contributed by atoms with E-state index in [1.54, 1.807) is 23.1 Å². The van der Waals surface area contributed by atoms with Gasteiger partial charge in [0.2, 0.25) is 11.0 Å². The fraction of sp³-hybridized carbons (Fsp3) is 0.381. The van der Waals surface area contributed by atoms with Crippen molar-refractivity contribution in [1.29, 1.82) is 0 Å². The molecule has 32 heavy (non-hydrogen) atoms. The average molecular weight is 474 g/mol. The molecule has 0 unspecified atom stereocenters. The summed E-state index contributed by atoms with van der Waals surface area (Å²) < 4.78 is 6.03. The summed E-state index contributed by atoms with van der Waals surface area (Å²) in [7, 11) is 0. The van der Waals surface area contributed by atoms with E-state index in [9.17, 15) is 14.4 Å². The molecule has 4 rings (SSSR count). The number of para-hydroxylation sites is 1. The predicted molar refractivity (Wildman–Crippen MR) is 125 cm³/mol. The second-order valence-electron chi connectivity index (χ2n) is 7.63. The van der Waals surface area contributed by atoms with Crippen LogP contribution in [-0.4, -0.2) is 64.9 Å². The maximum absolute atomic E-state index is 12.9. The van der Waals surface area contributed by atoms with Crippen molar-refractivity contribution in [2.45, 2.75) is 24.2 Å². The van der Waals surface area contributed by atoms with Gasteiger partial charge in [0.15, 0.2) is 4.34 Å². The van der Waals surface area contributed by atoms with E-state index in [-0.39, 0.29) is 23.4 Å². The Bertz CT molecular complexity index is 1180. The minimum absolute atomic E-state index is 0.0351. The number of carbonyl (C=O) groups is 2. The lowest BCUT2D eigenvalue weighted by molar-refractivity contribution is -0.119. The van der Waals surface area contributed by atoms with E-state index in [1.807, 2.05) is 26.0 Å². The monoisotopic (exact) mass is 473 g/mol. The number of carbonyl (C=O) groups excluding carboxylic acids is 2. The number of fused-ring (bicyclic) bond motifs is 1. The Hall–Kier alpha value is -2.92. The first-order chi connectivity index (χ1) is 15.4. The van der Waals surface area contributed by atoms with Crippen LogP contribution in [0.4, 0.5) is 5.13 Å². The molecule has 1 aliphatic heterocycles. The highest BCUT2D eigenvalue weighted by atomic mass is 32.2. The molecular formula is C21H23N5O4S2. The SMILES string of the molecule is CC(C)NC(=O)CSc1nnc(N2CCN(C(=O)c3cc4ccccc4oc3=O)CC2)s1. The van der Waals surface area contributed by atoms with Crippen LogP contribution in [0.2, 0.25) is 0 Å². The van der Waals surface area contributed by atoms with Crippen LogP contribution < -0.4 is 15.8 Å². The number of nitrogens with zero attached hydrogens (tertiary/aromatic N) is 4. The molecule has 168 valence electrons. The molecule has 0 atom stereocenters. The first-order valence-electron chi connectivity index (χ1n) is 10.2. The lowest BCUT2D eigenvalue weighted by Gasteiger charge is -2.34. The first kappa shape index (κ1) is 22.3. The highest BCUT2D eigenvalue weighted by molar-refractivity contribution is 8.01. The summed E-state index contributed by atoms with van der Waals surface area (Å²) in [5, 5.41) is 12.7. The van der Waals surface area contributed by atoms with Gasteiger partial charge >= 0.3 is 5.63 Å². The summed E-state index contributed by atoms with van der Waals surface area (Å²) in [6.45, 7) is 5.93. The number of thioether (sulfide) groups is 1. The van der Waals surface area contributed by atoms with Crippen LogP contribution in [0, 0.1) is 0 Å². The van der Waals surface area contributed by atoms with E-state index >= 15 is 0 Å². The van der Waals surface area contributed by atoms with Gasteiger partial charge in [-0.3, -0.25) is 9.59 Å². The minimum atomic E-state index is -0.622. The molecule has 11 heteroatoms. The Morgan fingerprint density at radius 1 is 1.19 bits per heavy atom. The van der Waals surface area contributed by atoms with Gasteiger partial charge in [-0.25, -0.2) is 4.79 Å². The highest BCUT2D eigenvalue weighted by Crippen LogP contribution is 2.28. The van der Waals surface area contributed by atoms with Crippen LogP contribution in [0.3, 0.4) is 0 Å². The number of amides is 2. The standard InChI is InChI=1S/C21H23N5O4S2/c1-13(2)22-17(27)12-31-21-24-23-20(32-21)26-9-7-25(8-10-26)18(28)15-11-14-5-3-4-6-16(14)30-19(15)29/h3-6,11,13H,7-10,12H2,1-2H3,(H,22,27). The van der Waals surface area contributed by atoms with Gasteiger partial charge < -0.3 is 19.5 Å². The number of benzene rings is 1. The van der Waals surface area contributed by atoms with Crippen molar-refractivity contribution in [3.05, 3.63) is 46.3 Å². The lowest BCUT2D eigenvalue weighted by atomic mass is 10.1. The van der Waals surface area contributed by atoms with Crippen molar-refractivity contribution in [3.63, 3.8) is 0 Å². The maximum atomic E-state index is 12.9. The summed E-state index contributed by atoms with van der Waals surface area (Å²) >= 11 is 2.79. The molecule has 2 amide bonds. The van der Waals surface area contributed by atoms with E-state index in [1.165, 1.54) is 23.1 Å². The second-order valence-corrected chi connectivity index (χ2v) is 9.80. The van der Waals surface area contributed by atoms with Crippen molar-refractivity contribution in [2.75, 3.05) is 36.8 Å². The van der Waals surface area contributed by atoms with Gasteiger partial charge in [-0.1, -0.05) is 41.3 Å². The topological polar surface area (TPSA) is 109 Å². The smallest absolute Gasteiger partial charge is 0.349 e.